The van der Waals surface area contributed by atoms with Gasteiger partial charge < -0.3 is 4.74 Å². The van der Waals surface area contributed by atoms with Gasteiger partial charge in [-0.05, 0) is 43.4 Å². The van der Waals surface area contributed by atoms with Crippen molar-refractivity contribution in [2.24, 2.45) is 0 Å². The molecule has 0 fully saturated rings. The molecule has 2 aromatic carbocycles. The molecule has 0 unspecified atom stereocenters. The SMILES string of the molecule is COc1cccc(-n2c(SCC(=O)c3ccccc3)nc3sc4c(c3c2=O)CCCCC4)c1. The molecule has 0 aliphatic heterocycles. The van der Waals surface area contributed by atoms with Gasteiger partial charge >= 0.3 is 0 Å². The summed E-state index contributed by atoms with van der Waals surface area (Å²) in [5.74, 6) is 0.880. The molecule has 0 saturated heterocycles. The van der Waals surface area contributed by atoms with Crippen LogP contribution in [0.5, 0.6) is 5.75 Å². The van der Waals surface area contributed by atoms with Crippen LogP contribution >= 0.6 is 23.1 Å². The molecule has 0 amide bonds. The molecule has 0 spiro atoms. The molecule has 0 N–H and O–H groups in total. The molecule has 0 atom stereocenters. The van der Waals surface area contributed by atoms with Crippen LogP contribution in [0, 0.1) is 0 Å². The second-order valence-electron chi connectivity index (χ2n) is 8.06. The van der Waals surface area contributed by atoms with Gasteiger partial charge in [-0.25, -0.2) is 4.98 Å². The zero-order chi connectivity index (χ0) is 22.8. The van der Waals surface area contributed by atoms with Gasteiger partial charge in [0.25, 0.3) is 5.56 Å². The molecule has 2 heterocycles. The van der Waals surface area contributed by atoms with Gasteiger partial charge in [-0.1, -0.05) is 54.6 Å². The van der Waals surface area contributed by atoms with E-state index >= 15 is 0 Å². The van der Waals surface area contributed by atoms with Crippen LogP contribution in [-0.2, 0) is 12.8 Å². The number of methoxy groups -OCH3 is 1. The minimum absolute atomic E-state index is 0.00843. The lowest BCUT2D eigenvalue weighted by Gasteiger charge is -2.13. The zero-order valence-corrected chi connectivity index (χ0v) is 20.0. The van der Waals surface area contributed by atoms with E-state index in [4.69, 9.17) is 9.72 Å². The summed E-state index contributed by atoms with van der Waals surface area (Å²) >= 11 is 2.94. The average molecular weight is 477 g/mol. The number of aryl methyl sites for hydroxylation is 2. The summed E-state index contributed by atoms with van der Waals surface area (Å²) in [4.78, 5) is 33.6. The maximum absolute atomic E-state index is 13.9. The van der Waals surface area contributed by atoms with Crippen molar-refractivity contribution < 1.29 is 9.53 Å². The Labute approximate surface area is 200 Å². The fourth-order valence-corrected chi connectivity index (χ4v) is 6.48. The monoisotopic (exact) mass is 476 g/mol. The van der Waals surface area contributed by atoms with Crippen molar-refractivity contribution in [1.82, 2.24) is 9.55 Å². The molecule has 1 aliphatic rings. The van der Waals surface area contributed by atoms with Gasteiger partial charge in [-0.3, -0.25) is 14.2 Å². The van der Waals surface area contributed by atoms with Crippen molar-refractivity contribution in [3.63, 3.8) is 0 Å². The molecule has 4 aromatic rings. The van der Waals surface area contributed by atoms with Gasteiger partial charge in [0, 0.05) is 16.5 Å². The van der Waals surface area contributed by atoms with E-state index < -0.39 is 0 Å². The lowest BCUT2D eigenvalue weighted by molar-refractivity contribution is 0.102. The number of carbonyl (C=O) groups excluding carboxylic acids is 1. The molecular formula is C26H24N2O3S2. The number of rotatable bonds is 6. The van der Waals surface area contributed by atoms with E-state index in [1.165, 1.54) is 28.6 Å². The van der Waals surface area contributed by atoms with Gasteiger partial charge in [-0.2, -0.15) is 0 Å². The summed E-state index contributed by atoms with van der Waals surface area (Å²) < 4.78 is 7.04. The number of nitrogens with zero attached hydrogens (tertiary/aromatic N) is 2. The number of benzene rings is 2. The highest BCUT2D eigenvalue weighted by Crippen LogP contribution is 2.35. The summed E-state index contributed by atoms with van der Waals surface area (Å²) in [5.41, 5.74) is 2.45. The first-order valence-corrected chi connectivity index (χ1v) is 12.9. The van der Waals surface area contributed by atoms with Crippen LogP contribution in [-0.4, -0.2) is 28.2 Å². The average Bonchev–Trinajstić information content (AvgIpc) is 3.04. The third-order valence-electron chi connectivity index (χ3n) is 5.95. The molecular weight excluding hydrogens is 452 g/mol. The summed E-state index contributed by atoms with van der Waals surface area (Å²) in [6, 6.07) is 16.6. The molecule has 0 radical (unpaired) electrons. The number of thiophene rings is 1. The van der Waals surface area contributed by atoms with Gasteiger partial charge in [-0.15, -0.1) is 11.3 Å². The number of fused-ring (bicyclic) bond motifs is 3. The number of Topliss-reactive ketones (excluding diaryl/α,β-unsaturated/α-hetero) is 1. The van der Waals surface area contributed by atoms with Crippen molar-refractivity contribution in [2.45, 2.75) is 37.3 Å². The largest absolute Gasteiger partial charge is 0.497 e. The van der Waals surface area contributed by atoms with Crippen molar-refractivity contribution in [2.75, 3.05) is 12.9 Å². The lowest BCUT2D eigenvalue weighted by atomic mass is 10.1. The van der Waals surface area contributed by atoms with E-state index in [0.717, 1.165) is 35.9 Å². The minimum Gasteiger partial charge on any atom is -0.497 e. The quantitative estimate of drug-likeness (QED) is 0.155. The number of carbonyl (C=O) groups is 1. The van der Waals surface area contributed by atoms with E-state index in [9.17, 15) is 9.59 Å². The van der Waals surface area contributed by atoms with Crippen molar-refractivity contribution in [1.29, 1.82) is 0 Å². The van der Waals surface area contributed by atoms with Gasteiger partial charge in [0.15, 0.2) is 10.9 Å². The predicted octanol–water partition coefficient (Wildman–Crippen LogP) is 5.70. The molecule has 5 rings (SSSR count). The number of hydrogen-bond donors (Lipinski definition) is 0. The minimum atomic E-state index is -0.0673. The number of ketones is 1. The topological polar surface area (TPSA) is 61.2 Å². The van der Waals surface area contributed by atoms with Crippen LogP contribution in [0.3, 0.4) is 0 Å². The summed E-state index contributed by atoms with van der Waals surface area (Å²) in [6.07, 6.45) is 5.36. The fourth-order valence-electron chi connectivity index (χ4n) is 4.27. The summed E-state index contributed by atoms with van der Waals surface area (Å²) in [5, 5.41) is 1.26. The lowest BCUT2D eigenvalue weighted by Crippen LogP contribution is -2.22. The predicted molar refractivity (Wildman–Crippen MR) is 135 cm³/mol. The van der Waals surface area contributed by atoms with Crippen molar-refractivity contribution in [3.05, 3.63) is 81.0 Å². The fraction of sp³-hybridized carbons (Fsp3) is 0.269. The number of ether oxygens (including phenoxy) is 1. The van der Waals surface area contributed by atoms with Crippen molar-refractivity contribution >= 4 is 39.1 Å². The van der Waals surface area contributed by atoms with Crippen LogP contribution in [0.25, 0.3) is 15.9 Å². The van der Waals surface area contributed by atoms with E-state index in [0.29, 0.717) is 22.2 Å². The number of thioether (sulfide) groups is 1. The molecule has 5 nitrogen and oxygen atoms in total. The molecule has 7 heteroatoms. The Morgan fingerprint density at radius 2 is 1.91 bits per heavy atom. The Balaban J connectivity index is 1.63. The standard InChI is InChI=1S/C26H24N2O3S2/c1-31-19-12-8-11-18(15-19)28-25(30)23-20-13-6-3-7-14-22(20)33-24(23)27-26(28)32-16-21(29)17-9-4-2-5-10-17/h2,4-5,8-12,15H,3,6-7,13-14,16H2,1H3. The van der Waals surface area contributed by atoms with Crippen LogP contribution in [0.2, 0.25) is 0 Å². The molecule has 0 saturated carbocycles. The maximum Gasteiger partial charge on any atom is 0.267 e. The van der Waals surface area contributed by atoms with Crippen LogP contribution in [0.15, 0.2) is 64.5 Å². The molecule has 1 aliphatic carbocycles. The molecule has 2 aromatic heterocycles. The van der Waals surface area contributed by atoms with Crippen LogP contribution in [0.4, 0.5) is 0 Å². The Morgan fingerprint density at radius 3 is 2.73 bits per heavy atom. The molecule has 168 valence electrons. The highest BCUT2D eigenvalue weighted by Gasteiger charge is 2.23. The molecule has 33 heavy (non-hydrogen) atoms. The second kappa shape index (κ2) is 9.53. The normalized spacial score (nSPS) is 13.5. The molecule has 0 bridgehead atoms. The highest BCUT2D eigenvalue weighted by atomic mass is 32.2. The van der Waals surface area contributed by atoms with Crippen LogP contribution < -0.4 is 10.3 Å². The smallest absolute Gasteiger partial charge is 0.267 e. The Hall–Kier alpha value is -2.90. The Bertz CT molecular complexity index is 1380. The van der Waals surface area contributed by atoms with E-state index in [-0.39, 0.29) is 17.1 Å². The highest BCUT2D eigenvalue weighted by molar-refractivity contribution is 7.99. The van der Waals surface area contributed by atoms with E-state index in [1.54, 1.807) is 23.0 Å². The first-order chi connectivity index (χ1) is 16.2. The van der Waals surface area contributed by atoms with E-state index in [2.05, 4.69) is 0 Å². The Morgan fingerprint density at radius 1 is 1.09 bits per heavy atom. The second-order valence-corrected chi connectivity index (χ2v) is 10.1. The Kier molecular flexibility index (Phi) is 6.33. The first kappa shape index (κ1) is 21.9. The van der Waals surface area contributed by atoms with E-state index in [1.807, 2.05) is 54.6 Å². The van der Waals surface area contributed by atoms with Gasteiger partial charge in [0.05, 0.1) is 23.9 Å². The number of hydrogen-bond acceptors (Lipinski definition) is 6. The van der Waals surface area contributed by atoms with Crippen molar-refractivity contribution in [3.8, 4) is 11.4 Å². The summed E-state index contributed by atoms with van der Waals surface area (Å²) in [7, 11) is 1.61. The van der Waals surface area contributed by atoms with Crippen LogP contribution in [0.1, 0.15) is 40.1 Å². The third-order valence-corrected chi connectivity index (χ3v) is 8.07. The maximum atomic E-state index is 13.9. The van der Waals surface area contributed by atoms with Gasteiger partial charge in [0.1, 0.15) is 10.6 Å². The number of aromatic nitrogens is 2. The van der Waals surface area contributed by atoms with Gasteiger partial charge in [0.2, 0.25) is 0 Å². The first-order valence-electron chi connectivity index (χ1n) is 11.1. The summed E-state index contributed by atoms with van der Waals surface area (Å²) in [6.45, 7) is 0. The zero-order valence-electron chi connectivity index (χ0n) is 18.4. The third kappa shape index (κ3) is 4.35.